The zero-order valence-corrected chi connectivity index (χ0v) is 11.7. The number of pyridine rings is 1. The largest absolute Gasteiger partial charge is 0.366 e. The topological polar surface area (TPSA) is 88.3 Å². The Kier molecular flexibility index (Phi) is 3.21. The minimum Gasteiger partial charge on any atom is -0.366 e. The van der Waals surface area contributed by atoms with Crippen LogP contribution >= 0.6 is 0 Å². The van der Waals surface area contributed by atoms with E-state index in [4.69, 9.17) is 5.73 Å². The fourth-order valence-electron chi connectivity index (χ4n) is 2.64. The number of nitrogens with two attached hydrogens (primary N) is 1. The highest BCUT2D eigenvalue weighted by molar-refractivity contribution is 6.06. The number of nitrogens with one attached hydrogen (secondary N) is 1. The molecule has 1 atom stereocenters. The number of rotatable bonds is 2. The molecule has 1 aliphatic heterocycles. The lowest BCUT2D eigenvalue weighted by atomic mass is 10.1. The Morgan fingerprint density at radius 2 is 2.19 bits per heavy atom. The van der Waals surface area contributed by atoms with E-state index < -0.39 is 5.91 Å². The van der Waals surface area contributed by atoms with E-state index in [1.165, 1.54) is 0 Å². The van der Waals surface area contributed by atoms with Gasteiger partial charge < -0.3 is 16.0 Å². The van der Waals surface area contributed by atoms with Gasteiger partial charge in [0.25, 0.3) is 0 Å². The smallest absolute Gasteiger partial charge is 0.249 e. The maximum absolute atomic E-state index is 11.7. The maximum atomic E-state index is 11.7. The number of fused-ring (bicyclic) bond motifs is 1. The summed E-state index contributed by atoms with van der Waals surface area (Å²) in [5, 5.41) is 3.58. The van der Waals surface area contributed by atoms with Gasteiger partial charge in [-0.25, -0.2) is 4.98 Å². The Morgan fingerprint density at radius 3 is 2.90 bits per heavy atom. The van der Waals surface area contributed by atoms with Crippen molar-refractivity contribution in [1.82, 2.24) is 10.3 Å². The van der Waals surface area contributed by atoms with Crippen LogP contribution in [0.2, 0.25) is 0 Å². The van der Waals surface area contributed by atoms with Crippen LogP contribution in [-0.4, -0.2) is 35.9 Å². The summed E-state index contributed by atoms with van der Waals surface area (Å²) < 4.78 is 0. The molecule has 0 unspecified atom stereocenters. The molecule has 6 heteroatoms. The zero-order valence-electron chi connectivity index (χ0n) is 11.7. The number of para-hydroxylation sites is 1. The molecule has 0 radical (unpaired) electrons. The molecule has 1 aromatic carbocycles. The van der Waals surface area contributed by atoms with Crippen molar-refractivity contribution in [2.24, 2.45) is 5.73 Å². The molecule has 2 amide bonds. The van der Waals surface area contributed by atoms with Gasteiger partial charge in [0, 0.05) is 18.0 Å². The van der Waals surface area contributed by atoms with E-state index in [0.717, 1.165) is 5.39 Å². The Labute approximate surface area is 121 Å². The predicted octanol–water partition coefficient (Wildman–Crippen LogP) is 0.658. The number of carbonyl (C=O) groups excluding carboxylic acids is 2. The van der Waals surface area contributed by atoms with Gasteiger partial charge in [-0.3, -0.25) is 9.59 Å². The number of benzene rings is 1. The van der Waals surface area contributed by atoms with E-state index >= 15 is 0 Å². The third kappa shape index (κ3) is 2.52. The molecule has 0 spiro atoms. The molecule has 1 aliphatic rings. The number of carbonyl (C=O) groups is 2. The third-order valence-corrected chi connectivity index (χ3v) is 3.53. The van der Waals surface area contributed by atoms with E-state index in [0.29, 0.717) is 23.4 Å². The van der Waals surface area contributed by atoms with Gasteiger partial charge in [-0.15, -0.1) is 0 Å². The van der Waals surface area contributed by atoms with Crippen LogP contribution in [0, 0.1) is 0 Å². The molecule has 0 aliphatic carbocycles. The fourth-order valence-corrected chi connectivity index (χ4v) is 2.64. The van der Waals surface area contributed by atoms with Crippen molar-refractivity contribution in [2.45, 2.75) is 13.0 Å². The SMILES string of the molecule is C[C@@H]1CN(c2cc(C(N)=O)c3ccccc3n2)CC(=O)N1. The average Bonchev–Trinajstić information content (AvgIpc) is 2.45. The van der Waals surface area contributed by atoms with Crippen LogP contribution < -0.4 is 16.0 Å². The summed E-state index contributed by atoms with van der Waals surface area (Å²) in [6.07, 6.45) is 0. The molecule has 21 heavy (non-hydrogen) atoms. The van der Waals surface area contributed by atoms with E-state index in [1.54, 1.807) is 6.07 Å². The molecular formula is C15H16N4O2. The highest BCUT2D eigenvalue weighted by Crippen LogP contribution is 2.23. The fraction of sp³-hybridized carbons (Fsp3) is 0.267. The summed E-state index contributed by atoms with van der Waals surface area (Å²) in [4.78, 5) is 29.8. The minimum atomic E-state index is -0.496. The lowest BCUT2D eigenvalue weighted by molar-refractivity contribution is -0.121. The van der Waals surface area contributed by atoms with E-state index in [1.807, 2.05) is 36.1 Å². The van der Waals surface area contributed by atoms with E-state index in [9.17, 15) is 9.59 Å². The number of anilines is 1. The third-order valence-electron chi connectivity index (χ3n) is 3.53. The van der Waals surface area contributed by atoms with E-state index in [-0.39, 0.29) is 18.5 Å². The summed E-state index contributed by atoms with van der Waals surface area (Å²) in [5.74, 6) is 0.0536. The van der Waals surface area contributed by atoms with Gasteiger partial charge in [0.05, 0.1) is 17.6 Å². The molecule has 3 rings (SSSR count). The van der Waals surface area contributed by atoms with Crippen molar-refractivity contribution < 1.29 is 9.59 Å². The summed E-state index contributed by atoms with van der Waals surface area (Å²) >= 11 is 0. The van der Waals surface area contributed by atoms with Crippen molar-refractivity contribution in [3.05, 3.63) is 35.9 Å². The number of piperazine rings is 1. The van der Waals surface area contributed by atoms with Crippen LogP contribution in [0.4, 0.5) is 5.82 Å². The summed E-state index contributed by atoms with van der Waals surface area (Å²) in [6.45, 7) is 2.81. The summed E-state index contributed by atoms with van der Waals surface area (Å²) in [5.41, 5.74) is 6.59. The first-order valence-corrected chi connectivity index (χ1v) is 6.78. The van der Waals surface area contributed by atoms with Crippen LogP contribution in [0.1, 0.15) is 17.3 Å². The van der Waals surface area contributed by atoms with Crippen LogP contribution in [0.3, 0.4) is 0 Å². The molecule has 1 saturated heterocycles. The normalized spacial score (nSPS) is 18.6. The van der Waals surface area contributed by atoms with Crippen molar-refractivity contribution in [3.63, 3.8) is 0 Å². The first-order chi connectivity index (χ1) is 10.0. The van der Waals surface area contributed by atoms with Gasteiger partial charge in [-0.2, -0.15) is 0 Å². The number of aromatic nitrogens is 1. The Morgan fingerprint density at radius 1 is 1.43 bits per heavy atom. The first-order valence-electron chi connectivity index (χ1n) is 6.78. The van der Waals surface area contributed by atoms with Crippen LogP contribution in [0.5, 0.6) is 0 Å². The molecule has 0 saturated carbocycles. The number of nitrogens with zero attached hydrogens (tertiary/aromatic N) is 2. The maximum Gasteiger partial charge on any atom is 0.249 e. The standard InChI is InChI=1S/C15H16N4O2/c1-9-7-19(8-14(20)17-9)13-6-11(15(16)21)10-4-2-3-5-12(10)18-13/h2-6,9H,7-8H2,1H3,(H2,16,21)(H,17,20)/t9-/m1/s1. The Hall–Kier alpha value is -2.63. The molecule has 1 aromatic heterocycles. The van der Waals surface area contributed by atoms with Gasteiger partial charge in [0.2, 0.25) is 11.8 Å². The zero-order chi connectivity index (χ0) is 15.0. The van der Waals surface area contributed by atoms with Gasteiger partial charge >= 0.3 is 0 Å². The Balaban J connectivity index is 2.10. The summed E-state index contributed by atoms with van der Waals surface area (Å²) in [7, 11) is 0. The number of amides is 2. The predicted molar refractivity (Wildman–Crippen MR) is 80.1 cm³/mol. The number of hydrogen-bond acceptors (Lipinski definition) is 4. The van der Waals surface area contributed by atoms with Crippen LogP contribution in [0.25, 0.3) is 10.9 Å². The quantitative estimate of drug-likeness (QED) is 0.848. The van der Waals surface area contributed by atoms with Gasteiger partial charge in [-0.1, -0.05) is 18.2 Å². The van der Waals surface area contributed by atoms with E-state index in [2.05, 4.69) is 10.3 Å². The van der Waals surface area contributed by atoms with Crippen LogP contribution in [-0.2, 0) is 4.79 Å². The molecule has 2 heterocycles. The van der Waals surface area contributed by atoms with Crippen molar-refractivity contribution in [3.8, 4) is 0 Å². The lowest BCUT2D eigenvalue weighted by Gasteiger charge is -2.32. The van der Waals surface area contributed by atoms with Gasteiger partial charge in [-0.05, 0) is 19.1 Å². The second-order valence-corrected chi connectivity index (χ2v) is 5.26. The van der Waals surface area contributed by atoms with Crippen LogP contribution in [0.15, 0.2) is 30.3 Å². The number of primary amides is 1. The Bertz CT molecular complexity index is 729. The molecule has 3 N–H and O–H groups in total. The van der Waals surface area contributed by atoms with Gasteiger partial charge in [0.1, 0.15) is 5.82 Å². The van der Waals surface area contributed by atoms with Crippen molar-refractivity contribution >= 4 is 28.5 Å². The highest BCUT2D eigenvalue weighted by atomic mass is 16.2. The van der Waals surface area contributed by atoms with Gasteiger partial charge in [0.15, 0.2) is 0 Å². The molecular weight excluding hydrogens is 268 g/mol. The molecule has 6 nitrogen and oxygen atoms in total. The average molecular weight is 284 g/mol. The molecule has 0 bridgehead atoms. The summed E-state index contributed by atoms with van der Waals surface area (Å²) in [6, 6.07) is 9.05. The minimum absolute atomic E-state index is 0.0385. The monoisotopic (exact) mass is 284 g/mol. The highest BCUT2D eigenvalue weighted by Gasteiger charge is 2.23. The first kappa shape index (κ1) is 13.4. The lowest BCUT2D eigenvalue weighted by Crippen LogP contribution is -2.53. The van der Waals surface area contributed by atoms with Crippen molar-refractivity contribution in [1.29, 1.82) is 0 Å². The number of hydrogen-bond donors (Lipinski definition) is 2. The second kappa shape index (κ2) is 5.05. The molecule has 108 valence electrons. The molecule has 1 fully saturated rings. The van der Waals surface area contributed by atoms with Crippen molar-refractivity contribution in [2.75, 3.05) is 18.0 Å². The second-order valence-electron chi connectivity index (χ2n) is 5.26. The molecule has 2 aromatic rings.